The molecule has 1 aromatic carbocycles. The second-order valence-electron chi connectivity index (χ2n) is 7.49. The number of benzene rings is 1. The quantitative estimate of drug-likeness (QED) is 0.488. The number of carbonyl (C=O) groups excluding carboxylic acids is 2. The molecule has 1 aromatic rings. The highest BCUT2D eigenvalue weighted by Gasteiger charge is 2.26. The van der Waals surface area contributed by atoms with Crippen LogP contribution in [0.1, 0.15) is 24.8 Å². The molecule has 2 heterocycles. The van der Waals surface area contributed by atoms with E-state index < -0.39 is 17.9 Å². The standard InChI is InChI=1S/C20H28FN5O4/c21-18-15(13-30-20(28)24-19(22)23)2-1-3-16(18)25-6-8-26(9-7-25)17(27)12-14-4-10-29-11-5-14/h1-3,14H,4-13H2,(H4,22,23,24,28). The fourth-order valence-corrected chi connectivity index (χ4v) is 3.73. The van der Waals surface area contributed by atoms with E-state index in [9.17, 15) is 14.0 Å². The Kier molecular flexibility index (Phi) is 7.45. The highest BCUT2D eigenvalue weighted by Crippen LogP contribution is 2.25. The maximum Gasteiger partial charge on any atom is 0.414 e. The number of halogens is 1. The summed E-state index contributed by atoms with van der Waals surface area (Å²) in [6, 6.07) is 4.91. The molecule has 2 aliphatic heterocycles. The van der Waals surface area contributed by atoms with Crippen LogP contribution in [0.25, 0.3) is 0 Å². The molecule has 0 radical (unpaired) electrons. The molecule has 2 amide bonds. The summed E-state index contributed by atoms with van der Waals surface area (Å²) < 4.78 is 25.2. The van der Waals surface area contributed by atoms with Gasteiger partial charge in [0.15, 0.2) is 11.8 Å². The van der Waals surface area contributed by atoms with Gasteiger partial charge in [-0.3, -0.25) is 15.5 Å². The van der Waals surface area contributed by atoms with Crippen LogP contribution in [-0.2, 0) is 20.9 Å². The van der Waals surface area contributed by atoms with Gasteiger partial charge in [0.05, 0.1) is 5.69 Å². The predicted octanol–water partition coefficient (Wildman–Crippen LogP) is 1.41. The molecule has 0 bridgehead atoms. The zero-order valence-corrected chi connectivity index (χ0v) is 16.9. The van der Waals surface area contributed by atoms with Gasteiger partial charge in [-0.25, -0.2) is 9.18 Å². The van der Waals surface area contributed by atoms with E-state index in [0.29, 0.717) is 44.2 Å². The summed E-state index contributed by atoms with van der Waals surface area (Å²) in [5.74, 6) is -0.465. The summed E-state index contributed by atoms with van der Waals surface area (Å²) in [4.78, 5) is 27.8. The van der Waals surface area contributed by atoms with Crippen molar-refractivity contribution in [2.75, 3.05) is 44.3 Å². The third-order valence-electron chi connectivity index (χ3n) is 5.43. The van der Waals surface area contributed by atoms with Gasteiger partial charge in [0.25, 0.3) is 0 Å². The van der Waals surface area contributed by atoms with Gasteiger partial charge >= 0.3 is 6.09 Å². The molecule has 2 aliphatic rings. The Hall–Kier alpha value is -2.88. The van der Waals surface area contributed by atoms with Crippen LogP contribution in [0.15, 0.2) is 18.2 Å². The number of nitrogens with two attached hydrogens (primary N) is 1. The van der Waals surface area contributed by atoms with Gasteiger partial charge in [-0.2, -0.15) is 0 Å². The number of hydrogen-bond acceptors (Lipinski definition) is 6. The van der Waals surface area contributed by atoms with Gasteiger partial charge in [-0.1, -0.05) is 12.1 Å². The molecule has 164 valence electrons. The fourth-order valence-electron chi connectivity index (χ4n) is 3.73. The average Bonchev–Trinajstić information content (AvgIpc) is 2.73. The minimum atomic E-state index is -0.913. The number of rotatable bonds is 5. The Morgan fingerprint density at radius 3 is 2.60 bits per heavy atom. The molecule has 0 aliphatic carbocycles. The Morgan fingerprint density at radius 1 is 1.23 bits per heavy atom. The first-order valence-electron chi connectivity index (χ1n) is 10.1. The van der Waals surface area contributed by atoms with Crippen LogP contribution in [-0.4, -0.2) is 62.3 Å². The zero-order chi connectivity index (χ0) is 21.5. The summed E-state index contributed by atoms with van der Waals surface area (Å²) in [7, 11) is 0. The van der Waals surface area contributed by atoms with E-state index in [1.807, 2.05) is 15.1 Å². The number of anilines is 1. The molecule has 30 heavy (non-hydrogen) atoms. The molecule has 4 N–H and O–H groups in total. The third-order valence-corrected chi connectivity index (χ3v) is 5.43. The average molecular weight is 421 g/mol. The van der Waals surface area contributed by atoms with E-state index in [1.165, 1.54) is 6.07 Å². The van der Waals surface area contributed by atoms with Gasteiger partial charge in [0.1, 0.15) is 6.61 Å². The van der Waals surface area contributed by atoms with Crippen LogP contribution in [0, 0.1) is 17.1 Å². The molecule has 0 aromatic heterocycles. The normalized spacial score (nSPS) is 17.5. The van der Waals surface area contributed by atoms with Crippen LogP contribution in [0.5, 0.6) is 0 Å². The van der Waals surface area contributed by atoms with Gasteiger partial charge in [-0.15, -0.1) is 0 Å². The first kappa shape index (κ1) is 21.8. The molecular formula is C20H28FN5O4. The number of hydrogen-bond donors (Lipinski definition) is 3. The molecule has 0 spiro atoms. The molecule has 0 unspecified atom stereocenters. The minimum Gasteiger partial charge on any atom is -0.444 e. The van der Waals surface area contributed by atoms with Crippen molar-refractivity contribution < 1.29 is 23.5 Å². The van der Waals surface area contributed by atoms with Crippen molar-refractivity contribution >= 4 is 23.6 Å². The molecule has 2 saturated heterocycles. The Morgan fingerprint density at radius 2 is 1.93 bits per heavy atom. The number of amides is 2. The minimum absolute atomic E-state index is 0.153. The van der Waals surface area contributed by atoms with E-state index in [2.05, 4.69) is 0 Å². The Balaban J connectivity index is 1.53. The van der Waals surface area contributed by atoms with Crippen LogP contribution in [0.2, 0.25) is 0 Å². The van der Waals surface area contributed by atoms with Gasteiger partial charge in [0, 0.05) is 51.4 Å². The van der Waals surface area contributed by atoms with Crippen molar-refractivity contribution in [2.24, 2.45) is 11.7 Å². The summed E-state index contributed by atoms with van der Waals surface area (Å²) >= 11 is 0. The zero-order valence-electron chi connectivity index (χ0n) is 16.9. The van der Waals surface area contributed by atoms with E-state index in [4.69, 9.17) is 20.6 Å². The lowest BCUT2D eigenvalue weighted by Gasteiger charge is -2.37. The maximum atomic E-state index is 14.9. The van der Waals surface area contributed by atoms with Gasteiger partial charge < -0.3 is 25.0 Å². The van der Waals surface area contributed by atoms with Crippen molar-refractivity contribution in [1.29, 1.82) is 5.41 Å². The van der Waals surface area contributed by atoms with Crippen molar-refractivity contribution in [3.8, 4) is 0 Å². The van der Waals surface area contributed by atoms with E-state index in [-0.39, 0.29) is 18.1 Å². The molecule has 0 saturated carbocycles. The number of carbonyl (C=O) groups is 2. The Bertz CT molecular complexity index is 776. The summed E-state index contributed by atoms with van der Waals surface area (Å²) in [6.45, 7) is 3.33. The lowest BCUT2D eigenvalue weighted by Crippen LogP contribution is -2.49. The SMILES string of the molecule is N=C(N)NC(=O)OCc1cccc(N2CCN(C(=O)CC3CCOCC3)CC2)c1F. The molecular weight excluding hydrogens is 393 g/mol. The largest absolute Gasteiger partial charge is 0.444 e. The van der Waals surface area contributed by atoms with Gasteiger partial charge in [-0.05, 0) is 24.8 Å². The first-order chi connectivity index (χ1) is 14.4. The maximum absolute atomic E-state index is 14.9. The first-order valence-corrected chi connectivity index (χ1v) is 10.1. The second-order valence-corrected chi connectivity index (χ2v) is 7.49. The van der Waals surface area contributed by atoms with Crippen molar-refractivity contribution in [2.45, 2.75) is 25.9 Å². The number of ether oxygens (including phenoxy) is 2. The lowest BCUT2D eigenvalue weighted by atomic mass is 9.96. The summed E-state index contributed by atoms with van der Waals surface area (Å²) in [5, 5.41) is 8.97. The smallest absolute Gasteiger partial charge is 0.414 e. The fraction of sp³-hybridized carbons (Fsp3) is 0.550. The van der Waals surface area contributed by atoms with Crippen LogP contribution < -0.4 is 16.0 Å². The van der Waals surface area contributed by atoms with Crippen LogP contribution >= 0.6 is 0 Å². The second kappa shape index (κ2) is 10.2. The molecule has 3 rings (SSSR count). The monoisotopic (exact) mass is 421 g/mol. The van der Waals surface area contributed by atoms with Gasteiger partial charge in [0.2, 0.25) is 5.91 Å². The number of nitrogens with zero attached hydrogens (tertiary/aromatic N) is 2. The summed E-state index contributed by atoms with van der Waals surface area (Å²) in [6.07, 6.45) is 1.49. The Labute approximate surface area is 174 Å². The number of nitrogens with one attached hydrogen (secondary N) is 2. The molecule has 10 heteroatoms. The van der Waals surface area contributed by atoms with E-state index >= 15 is 0 Å². The van der Waals surface area contributed by atoms with Crippen molar-refractivity contribution in [3.05, 3.63) is 29.6 Å². The van der Waals surface area contributed by atoms with E-state index in [0.717, 1.165) is 26.1 Å². The van der Waals surface area contributed by atoms with Crippen LogP contribution in [0.4, 0.5) is 14.9 Å². The van der Waals surface area contributed by atoms with E-state index in [1.54, 1.807) is 12.1 Å². The topological polar surface area (TPSA) is 121 Å². The van der Waals surface area contributed by atoms with Crippen LogP contribution in [0.3, 0.4) is 0 Å². The predicted molar refractivity (Wildman–Crippen MR) is 109 cm³/mol. The van der Waals surface area contributed by atoms with Crippen molar-refractivity contribution in [3.63, 3.8) is 0 Å². The number of guanidine groups is 1. The molecule has 2 fully saturated rings. The highest BCUT2D eigenvalue weighted by atomic mass is 19.1. The lowest BCUT2D eigenvalue weighted by molar-refractivity contribution is -0.133. The number of alkyl carbamates (subject to hydrolysis) is 1. The molecule has 0 atom stereocenters. The summed E-state index contributed by atoms with van der Waals surface area (Å²) in [5.41, 5.74) is 5.70. The highest BCUT2D eigenvalue weighted by molar-refractivity contribution is 5.90. The number of piperazine rings is 1. The third kappa shape index (κ3) is 5.82. The van der Waals surface area contributed by atoms with Crippen molar-refractivity contribution in [1.82, 2.24) is 10.2 Å². The molecule has 9 nitrogen and oxygen atoms in total.